The molecule has 1 heterocycles. The van der Waals surface area contributed by atoms with Crippen molar-refractivity contribution >= 4 is 23.7 Å². The Morgan fingerprint density at radius 3 is 2.00 bits per heavy atom. The lowest BCUT2D eigenvalue weighted by Crippen LogP contribution is -2.60. The summed E-state index contributed by atoms with van der Waals surface area (Å²) in [6, 6.07) is -0.983. The molecule has 0 spiro atoms. The molecule has 5 saturated carbocycles. The summed E-state index contributed by atoms with van der Waals surface area (Å²) in [6.07, 6.45) is 10.3. The van der Waals surface area contributed by atoms with E-state index in [0.29, 0.717) is 12.8 Å². The van der Waals surface area contributed by atoms with Crippen molar-refractivity contribution in [3.63, 3.8) is 0 Å². The third-order valence-corrected chi connectivity index (χ3v) is 8.39. The summed E-state index contributed by atoms with van der Waals surface area (Å²) in [6.45, 7) is 1.17. The maximum atomic E-state index is 12.7. The van der Waals surface area contributed by atoms with Crippen molar-refractivity contribution in [2.24, 2.45) is 29.6 Å². The summed E-state index contributed by atoms with van der Waals surface area (Å²) < 4.78 is 5.24. The first kappa shape index (κ1) is 20.0. The number of imide groups is 1. The number of amides is 3. The molecule has 7 heteroatoms. The van der Waals surface area contributed by atoms with Crippen molar-refractivity contribution in [3.8, 4) is 0 Å². The number of fused-ring (bicyclic) bond motifs is 1. The van der Waals surface area contributed by atoms with Crippen LogP contribution in [0.4, 0.5) is 0 Å². The number of esters is 1. The van der Waals surface area contributed by atoms with E-state index in [1.54, 1.807) is 0 Å². The number of likely N-dealkylation sites (tertiary alicyclic amines) is 1. The van der Waals surface area contributed by atoms with Gasteiger partial charge in [-0.15, -0.1) is 0 Å². The van der Waals surface area contributed by atoms with Crippen LogP contribution in [0.3, 0.4) is 0 Å². The highest BCUT2D eigenvalue weighted by atomic mass is 16.5. The lowest BCUT2D eigenvalue weighted by Gasteiger charge is -2.56. The van der Waals surface area contributed by atoms with Crippen LogP contribution >= 0.6 is 0 Å². The van der Waals surface area contributed by atoms with Crippen LogP contribution in [0, 0.1) is 29.6 Å². The zero-order valence-corrected chi connectivity index (χ0v) is 17.7. The molecule has 6 rings (SSSR count). The maximum absolute atomic E-state index is 12.7. The van der Waals surface area contributed by atoms with E-state index in [4.69, 9.17) is 4.74 Å². The second-order valence-electron chi connectivity index (χ2n) is 10.6. The Morgan fingerprint density at radius 1 is 1.00 bits per heavy atom. The van der Waals surface area contributed by atoms with E-state index < -0.39 is 12.0 Å². The molecule has 1 N–H and O–H groups in total. The van der Waals surface area contributed by atoms with Gasteiger partial charge in [0, 0.05) is 5.54 Å². The number of hydrogen-bond acceptors (Lipinski definition) is 5. The Bertz CT molecular complexity index is 718. The summed E-state index contributed by atoms with van der Waals surface area (Å²) in [5.74, 6) is 0.0990. The van der Waals surface area contributed by atoms with Gasteiger partial charge >= 0.3 is 5.97 Å². The summed E-state index contributed by atoms with van der Waals surface area (Å²) in [5, 5.41) is 3.18. The third kappa shape index (κ3) is 3.34. The van der Waals surface area contributed by atoms with Gasteiger partial charge < -0.3 is 10.1 Å². The molecule has 3 amide bonds. The van der Waals surface area contributed by atoms with Gasteiger partial charge in [-0.25, -0.2) is 4.79 Å². The van der Waals surface area contributed by atoms with Crippen LogP contribution < -0.4 is 5.32 Å². The summed E-state index contributed by atoms with van der Waals surface area (Å²) >= 11 is 0. The predicted octanol–water partition coefficient (Wildman–Crippen LogP) is 2.18. The minimum Gasteiger partial charge on any atom is -0.454 e. The fourth-order valence-electron chi connectivity index (χ4n) is 7.53. The van der Waals surface area contributed by atoms with Crippen molar-refractivity contribution in [1.29, 1.82) is 0 Å². The highest BCUT2D eigenvalue weighted by molar-refractivity contribution is 6.07. The zero-order valence-electron chi connectivity index (χ0n) is 17.7. The van der Waals surface area contributed by atoms with Crippen molar-refractivity contribution in [2.45, 2.75) is 82.7 Å². The summed E-state index contributed by atoms with van der Waals surface area (Å²) in [5.41, 5.74) is -0.125. The molecule has 6 fully saturated rings. The van der Waals surface area contributed by atoms with E-state index >= 15 is 0 Å². The molecule has 0 aromatic heterocycles. The van der Waals surface area contributed by atoms with Gasteiger partial charge in [0.05, 0.1) is 11.8 Å². The molecule has 7 nitrogen and oxygen atoms in total. The monoisotopic (exact) mass is 416 g/mol. The van der Waals surface area contributed by atoms with Crippen LogP contribution in [-0.4, -0.2) is 46.8 Å². The van der Waals surface area contributed by atoms with Crippen LogP contribution in [0.2, 0.25) is 0 Å². The zero-order chi connectivity index (χ0) is 21.0. The summed E-state index contributed by atoms with van der Waals surface area (Å²) in [4.78, 5) is 51.5. The smallest absolute Gasteiger partial charge is 0.329 e. The van der Waals surface area contributed by atoms with E-state index in [2.05, 4.69) is 5.32 Å². The third-order valence-electron chi connectivity index (χ3n) is 8.39. The van der Waals surface area contributed by atoms with Crippen LogP contribution in [0.15, 0.2) is 0 Å². The number of ether oxygens (including phenoxy) is 1. The number of nitrogens with zero attached hydrogens (tertiary/aromatic N) is 1. The molecule has 4 bridgehead atoms. The van der Waals surface area contributed by atoms with Crippen LogP contribution in [0.1, 0.15) is 71.1 Å². The van der Waals surface area contributed by atoms with E-state index in [-0.39, 0.29) is 41.7 Å². The molecule has 164 valence electrons. The second-order valence-corrected chi connectivity index (χ2v) is 10.6. The van der Waals surface area contributed by atoms with Gasteiger partial charge in [0.15, 0.2) is 6.61 Å². The van der Waals surface area contributed by atoms with Gasteiger partial charge in [-0.1, -0.05) is 12.8 Å². The van der Waals surface area contributed by atoms with Gasteiger partial charge in [0.2, 0.25) is 11.8 Å². The Labute approximate surface area is 177 Å². The average molecular weight is 417 g/mol. The number of carbonyl (C=O) groups excluding carboxylic acids is 4. The lowest BCUT2D eigenvalue weighted by atomic mass is 9.53. The SMILES string of the molecule is C[C@@H](C(=O)OCC(=O)NC12CC3CC(CC(C3)C1)C2)N1C(=O)[C@H]2CCCC[C@H]2C1=O. The molecular formula is C23H32N2O5. The molecule has 0 aromatic carbocycles. The van der Waals surface area contributed by atoms with Gasteiger partial charge in [-0.2, -0.15) is 0 Å². The fourth-order valence-corrected chi connectivity index (χ4v) is 7.53. The van der Waals surface area contributed by atoms with Gasteiger partial charge in [-0.3, -0.25) is 19.3 Å². The Balaban J connectivity index is 1.16. The molecule has 1 saturated heterocycles. The van der Waals surface area contributed by atoms with E-state index in [1.165, 1.54) is 26.2 Å². The van der Waals surface area contributed by atoms with E-state index in [9.17, 15) is 19.2 Å². The van der Waals surface area contributed by atoms with Gasteiger partial charge in [-0.05, 0) is 76.0 Å². The van der Waals surface area contributed by atoms with Crippen molar-refractivity contribution in [1.82, 2.24) is 10.2 Å². The largest absolute Gasteiger partial charge is 0.454 e. The van der Waals surface area contributed by atoms with Crippen LogP contribution in [0.5, 0.6) is 0 Å². The Hall–Kier alpha value is -1.92. The number of carbonyl (C=O) groups is 4. The van der Waals surface area contributed by atoms with Crippen molar-refractivity contribution < 1.29 is 23.9 Å². The molecule has 6 aliphatic rings. The molecule has 5 aliphatic carbocycles. The minimum absolute atomic E-state index is 0.125. The van der Waals surface area contributed by atoms with E-state index in [0.717, 1.165) is 54.8 Å². The molecule has 3 atom stereocenters. The standard InChI is InChI=1S/C23H32N2O5/c1-13(25-20(27)17-4-2-3-5-18(17)21(25)28)22(29)30-12-19(26)24-23-9-14-6-15(10-23)8-16(7-14)11-23/h13-18H,2-12H2,1H3,(H,24,26)/t13-,14?,15?,16?,17-,18+,23?/m0/s1. The molecule has 0 unspecified atom stereocenters. The molecule has 1 aliphatic heterocycles. The molecule has 0 aromatic rings. The quantitative estimate of drug-likeness (QED) is 0.548. The lowest BCUT2D eigenvalue weighted by molar-refractivity contribution is -0.160. The molecule has 0 radical (unpaired) electrons. The van der Waals surface area contributed by atoms with Gasteiger partial charge in [0.25, 0.3) is 5.91 Å². The normalized spacial score (nSPS) is 40.3. The highest BCUT2D eigenvalue weighted by Gasteiger charge is 2.52. The Kier molecular flexibility index (Phi) is 4.90. The Morgan fingerprint density at radius 2 is 1.50 bits per heavy atom. The number of hydrogen-bond donors (Lipinski definition) is 1. The first-order valence-corrected chi connectivity index (χ1v) is 11.7. The van der Waals surface area contributed by atoms with E-state index in [1.807, 2.05) is 0 Å². The fraction of sp³-hybridized carbons (Fsp3) is 0.826. The summed E-state index contributed by atoms with van der Waals surface area (Å²) in [7, 11) is 0. The molecular weight excluding hydrogens is 384 g/mol. The highest BCUT2D eigenvalue weighted by Crippen LogP contribution is 2.55. The minimum atomic E-state index is -0.983. The maximum Gasteiger partial charge on any atom is 0.329 e. The predicted molar refractivity (Wildman–Crippen MR) is 107 cm³/mol. The number of rotatable bonds is 5. The number of nitrogens with one attached hydrogen (secondary N) is 1. The van der Waals surface area contributed by atoms with Crippen molar-refractivity contribution in [2.75, 3.05) is 6.61 Å². The first-order valence-electron chi connectivity index (χ1n) is 11.7. The van der Waals surface area contributed by atoms with Crippen LogP contribution in [0.25, 0.3) is 0 Å². The van der Waals surface area contributed by atoms with Gasteiger partial charge in [0.1, 0.15) is 6.04 Å². The molecule has 30 heavy (non-hydrogen) atoms. The topological polar surface area (TPSA) is 92.8 Å². The first-order chi connectivity index (χ1) is 14.3. The average Bonchev–Trinajstić information content (AvgIpc) is 2.95. The van der Waals surface area contributed by atoms with Crippen molar-refractivity contribution in [3.05, 3.63) is 0 Å². The van der Waals surface area contributed by atoms with Crippen LogP contribution in [-0.2, 0) is 23.9 Å². The second kappa shape index (κ2) is 7.34.